The molecule has 0 atom stereocenters. The van der Waals surface area contributed by atoms with Gasteiger partial charge in [-0.25, -0.2) is 0 Å². The first-order valence-corrected chi connectivity index (χ1v) is 12.4. The summed E-state index contributed by atoms with van der Waals surface area (Å²) in [5.41, 5.74) is 2.44. The first-order chi connectivity index (χ1) is 17.6. The summed E-state index contributed by atoms with van der Waals surface area (Å²) in [6.07, 6.45) is 0.465. The summed E-state index contributed by atoms with van der Waals surface area (Å²) < 4.78 is 10.8. The molecule has 37 heavy (non-hydrogen) atoms. The summed E-state index contributed by atoms with van der Waals surface area (Å²) in [6.45, 7) is 6.07. The largest absolute Gasteiger partial charge is 0.457 e. The van der Waals surface area contributed by atoms with Gasteiger partial charge in [0, 0.05) is 29.2 Å². The molecule has 3 aromatic rings. The Morgan fingerprint density at radius 2 is 1.41 bits per heavy atom. The average Bonchev–Trinajstić information content (AvgIpc) is 2.84. The van der Waals surface area contributed by atoms with Crippen LogP contribution >= 0.6 is 11.6 Å². The Hall–Kier alpha value is -3.84. The number of halogens is 1. The van der Waals surface area contributed by atoms with E-state index in [4.69, 9.17) is 21.1 Å². The van der Waals surface area contributed by atoms with Crippen molar-refractivity contribution < 1.29 is 23.9 Å². The molecule has 3 aromatic carbocycles. The van der Waals surface area contributed by atoms with E-state index in [1.165, 1.54) is 5.56 Å². The highest BCUT2D eigenvalue weighted by Gasteiger charge is 2.13. The van der Waals surface area contributed by atoms with E-state index in [-0.39, 0.29) is 24.2 Å². The fourth-order valence-corrected chi connectivity index (χ4v) is 3.55. The van der Waals surface area contributed by atoms with E-state index in [2.05, 4.69) is 43.5 Å². The summed E-state index contributed by atoms with van der Waals surface area (Å²) in [7, 11) is 0. The molecule has 0 saturated heterocycles. The van der Waals surface area contributed by atoms with Crippen molar-refractivity contribution in [2.45, 2.75) is 45.4 Å². The van der Waals surface area contributed by atoms with E-state index in [9.17, 15) is 14.4 Å². The molecule has 0 bridgehead atoms. The molecule has 0 fully saturated rings. The van der Waals surface area contributed by atoms with Crippen LogP contribution in [0.1, 0.15) is 45.6 Å². The van der Waals surface area contributed by atoms with Gasteiger partial charge in [-0.15, -0.1) is 0 Å². The molecule has 7 nitrogen and oxygen atoms in total. The summed E-state index contributed by atoms with van der Waals surface area (Å²) in [6, 6.07) is 21.7. The van der Waals surface area contributed by atoms with Crippen LogP contribution in [0.4, 0.5) is 11.4 Å². The lowest BCUT2D eigenvalue weighted by molar-refractivity contribution is -0.147. The number of hydrogen-bond acceptors (Lipinski definition) is 5. The lowest BCUT2D eigenvalue weighted by Gasteiger charge is -2.19. The maximum Gasteiger partial charge on any atom is 0.306 e. The van der Waals surface area contributed by atoms with Gasteiger partial charge in [0.2, 0.25) is 5.91 Å². The minimum Gasteiger partial charge on any atom is -0.457 e. The van der Waals surface area contributed by atoms with Crippen molar-refractivity contribution in [2.75, 3.05) is 17.2 Å². The van der Waals surface area contributed by atoms with E-state index in [0.29, 0.717) is 28.6 Å². The average molecular weight is 523 g/mol. The topological polar surface area (TPSA) is 93.7 Å². The maximum atomic E-state index is 12.2. The Morgan fingerprint density at radius 1 is 0.784 bits per heavy atom. The van der Waals surface area contributed by atoms with E-state index in [0.717, 1.165) is 5.75 Å². The summed E-state index contributed by atoms with van der Waals surface area (Å²) in [5, 5.41) is 5.87. The van der Waals surface area contributed by atoms with Crippen LogP contribution in [-0.4, -0.2) is 24.4 Å². The third-order valence-corrected chi connectivity index (χ3v) is 5.59. The molecular formula is C29H31ClN2O5. The minimum absolute atomic E-state index is 0.0264. The highest BCUT2D eigenvalue weighted by Crippen LogP contribution is 2.27. The van der Waals surface area contributed by atoms with Gasteiger partial charge in [-0.3, -0.25) is 14.4 Å². The molecule has 0 aliphatic carbocycles. The molecule has 3 rings (SSSR count). The van der Waals surface area contributed by atoms with Crippen LogP contribution in [0.2, 0.25) is 5.02 Å². The van der Waals surface area contributed by atoms with Crippen LogP contribution in [0, 0.1) is 0 Å². The highest BCUT2D eigenvalue weighted by molar-refractivity contribution is 6.30. The monoisotopic (exact) mass is 522 g/mol. The number of carbonyl (C=O) groups excluding carboxylic acids is 3. The molecule has 2 N–H and O–H groups in total. The summed E-state index contributed by atoms with van der Waals surface area (Å²) in [4.78, 5) is 36.0. The number of ether oxygens (including phenoxy) is 2. The Kier molecular flexibility index (Phi) is 9.69. The molecule has 0 spiro atoms. The zero-order chi connectivity index (χ0) is 26.8. The van der Waals surface area contributed by atoms with Gasteiger partial charge in [-0.2, -0.15) is 0 Å². The second kappa shape index (κ2) is 12.9. The number of hydrogen-bond donors (Lipinski definition) is 2. The third-order valence-electron chi connectivity index (χ3n) is 5.35. The number of benzene rings is 3. The molecule has 2 amide bonds. The number of amides is 2. The number of nitrogens with one attached hydrogen (secondary N) is 2. The second-order valence-electron chi connectivity index (χ2n) is 9.52. The van der Waals surface area contributed by atoms with Crippen molar-refractivity contribution >= 4 is 40.8 Å². The van der Waals surface area contributed by atoms with Gasteiger partial charge >= 0.3 is 5.97 Å². The fourth-order valence-electron chi connectivity index (χ4n) is 3.36. The van der Waals surface area contributed by atoms with Gasteiger partial charge in [-0.1, -0.05) is 50.6 Å². The Labute approximate surface area is 222 Å². The molecule has 0 aliphatic rings. The van der Waals surface area contributed by atoms with Crippen molar-refractivity contribution in [1.82, 2.24) is 0 Å². The van der Waals surface area contributed by atoms with Gasteiger partial charge in [0.25, 0.3) is 5.91 Å². The van der Waals surface area contributed by atoms with Crippen molar-refractivity contribution in [2.24, 2.45) is 0 Å². The van der Waals surface area contributed by atoms with Crippen LogP contribution < -0.4 is 15.4 Å². The fraction of sp³-hybridized carbons (Fsp3) is 0.276. The maximum absolute atomic E-state index is 12.2. The quantitative estimate of drug-likeness (QED) is 0.288. The van der Waals surface area contributed by atoms with Gasteiger partial charge in [0.05, 0.1) is 0 Å². The Balaban J connectivity index is 1.34. The molecule has 0 aliphatic heterocycles. The van der Waals surface area contributed by atoms with Crippen molar-refractivity contribution in [1.29, 1.82) is 0 Å². The normalized spacial score (nSPS) is 10.9. The zero-order valence-electron chi connectivity index (χ0n) is 21.2. The smallest absolute Gasteiger partial charge is 0.306 e. The van der Waals surface area contributed by atoms with Crippen LogP contribution in [-0.2, 0) is 24.5 Å². The third kappa shape index (κ3) is 9.61. The Bertz CT molecular complexity index is 1220. The van der Waals surface area contributed by atoms with E-state index in [1.807, 2.05) is 12.1 Å². The van der Waals surface area contributed by atoms with Gasteiger partial charge in [0.1, 0.15) is 11.5 Å². The van der Waals surface area contributed by atoms with Gasteiger partial charge in [-0.05, 0) is 72.0 Å². The molecule has 0 radical (unpaired) electrons. The molecule has 0 saturated carbocycles. The van der Waals surface area contributed by atoms with Crippen molar-refractivity contribution in [3.05, 3.63) is 83.4 Å². The molecule has 0 aromatic heterocycles. The lowest BCUT2D eigenvalue weighted by Crippen LogP contribution is -2.21. The first kappa shape index (κ1) is 27.7. The van der Waals surface area contributed by atoms with Crippen molar-refractivity contribution in [3.8, 4) is 11.5 Å². The second-order valence-corrected chi connectivity index (χ2v) is 9.96. The van der Waals surface area contributed by atoms with Crippen LogP contribution in [0.5, 0.6) is 11.5 Å². The highest BCUT2D eigenvalue weighted by atomic mass is 35.5. The predicted octanol–water partition coefficient (Wildman–Crippen LogP) is 6.72. The van der Waals surface area contributed by atoms with E-state index in [1.54, 1.807) is 48.5 Å². The number of esters is 1. The van der Waals surface area contributed by atoms with Crippen LogP contribution in [0.25, 0.3) is 0 Å². The first-order valence-electron chi connectivity index (χ1n) is 12.0. The Morgan fingerprint density at radius 3 is 2.03 bits per heavy atom. The van der Waals surface area contributed by atoms with Gasteiger partial charge < -0.3 is 20.1 Å². The molecular weight excluding hydrogens is 492 g/mol. The minimum atomic E-state index is -0.550. The molecule has 0 unspecified atom stereocenters. The van der Waals surface area contributed by atoms with Crippen LogP contribution in [0.3, 0.4) is 0 Å². The number of anilines is 2. The molecule has 8 heteroatoms. The van der Waals surface area contributed by atoms with E-state index >= 15 is 0 Å². The summed E-state index contributed by atoms with van der Waals surface area (Å²) in [5.74, 6) is 0.147. The lowest BCUT2D eigenvalue weighted by atomic mass is 9.87. The number of carbonyl (C=O) groups is 3. The van der Waals surface area contributed by atoms with Crippen molar-refractivity contribution in [3.63, 3.8) is 0 Å². The standard InChI is InChI=1S/C29H31ClN2O5/c1-29(2,3)20-10-14-24(15-11-20)37-25-16-12-22(13-17-25)31-26(33)8-5-9-28(35)36-19-27(34)32-23-7-4-6-21(30)18-23/h4,6-7,10-18H,5,8-9,19H2,1-3H3,(H,31,33)(H,32,34). The van der Waals surface area contributed by atoms with Gasteiger partial charge in [0.15, 0.2) is 6.61 Å². The molecule has 0 heterocycles. The summed E-state index contributed by atoms with van der Waals surface area (Å²) >= 11 is 5.87. The van der Waals surface area contributed by atoms with E-state index < -0.39 is 18.5 Å². The van der Waals surface area contributed by atoms with Crippen LogP contribution in [0.15, 0.2) is 72.8 Å². The number of rotatable bonds is 10. The SMILES string of the molecule is CC(C)(C)c1ccc(Oc2ccc(NC(=O)CCCC(=O)OCC(=O)Nc3cccc(Cl)c3)cc2)cc1. The zero-order valence-corrected chi connectivity index (χ0v) is 21.9. The molecule has 194 valence electrons. The predicted molar refractivity (Wildman–Crippen MR) is 145 cm³/mol.